The summed E-state index contributed by atoms with van der Waals surface area (Å²) < 4.78 is 5.79. The number of ether oxygens (including phenoxy) is 1. The molecule has 3 aliphatic heterocycles. The molecule has 0 aliphatic carbocycles. The Morgan fingerprint density at radius 2 is 1.95 bits per heavy atom. The average molecular weight is 269 g/mol. The molecule has 2 bridgehead atoms. The van der Waals surface area contributed by atoms with E-state index in [0.29, 0.717) is 6.54 Å². The Bertz CT molecular complexity index is 624. The van der Waals surface area contributed by atoms with Crippen LogP contribution < -0.4 is 0 Å². The van der Waals surface area contributed by atoms with E-state index < -0.39 is 5.60 Å². The Kier molecular flexibility index (Phi) is 2.25. The number of likely N-dealkylation sites (tertiary alicyclic amines) is 1. The van der Waals surface area contributed by atoms with Gasteiger partial charge in [-0.05, 0) is 12.5 Å². The van der Waals surface area contributed by atoms with Crippen molar-refractivity contribution in [1.82, 2.24) is 4.90 Å². The van der Waals surface area contributed by atoms with E-state index >= 15 is 0 Å². The number of imide groups is 1. The minimum absolute atomic E-state index is 0.0954. The lowest BCUT2D eigenvalue weighted by atomic mass is 9.78. The van der Waals surface area contributed by atoms with Crippen molar-refractivity contribution in [3.63, 3.8) is 0 Å². The van der Waals surface area contributed by atoms with Crippen LogP contribution in [0.4, 0.5) is 0 Å². The second kappa shape index (κ2) is 3.79. The van der Waals surface area contributed by atoms with Gasteiger partial charge in [-0.1, -0.05) is 42.5 Å². The third-order valence-electron chi connectivity index (χ3n) is 4.60. The smallest absolute Gasteiger partial charge is 0.236 e. The molecule has 1 aromatic carbocycles. The normalized spacial score (nSPS) is 37.9. The van der Waals surface area contributed by atoms with Crippen LogP contribution in [0.2, 0.25) is 0 Å². The zero-order valence-electron chi connectivity index (χ0n) is 11.2. The summed E-state index contributed by atoms with van der Waals surface area (Å²) in [5.41, 5.74) is 0.369. The number of benzene rings is 1. The summed E-state index contributed by atoms with van der Waals surface area (Å²) in [6.07, 6.45) is 3.61. The molecule has 20 heavy (non-hydrogen) atoms. The second-order valence-electron chi connectivity index (χ2n) is 5.88. The van der Waals surface area contributed by atoms with Crippen molar-refractivity contribution in [1.29, 1.82) is 0 Å². The lowest BCUT2D eigenvalue weighted by Crippen LogP contribution is -2.38. The molecule has 1 aromatic rings. The van der Waals surface area contributed by atoms with Crippen LogP contribution in [0.5, 0.6) is 0 Å². The number of nitrogens with zero attached hydrogens (tertiary/aromatic N) is 1. The van der Waals surface area contributed by atoms with Gasteiger partial charge >= 0.3 is 0 Å². The van der Waals surface area contributed by atoms with E-state index in [1.165, 1.54) is 4.90 Å². The Labute approximate surface area is 117 Å². The summed E-state index contributed by atoms with van der Waals surface area (Å²) in [6.45, 7) is 2.25. The lowest BCUT2D eigenvalue weighted by molar-refractivity contribution is -0.144. The number of carbonyl (C=O) groups is 2. The summed E-state index contributed by atoms with van der Waals surface area (Å²) in [5, 5.41) is 0. The third-order valence-corrected chi connectivity index (χ3v) is 4.60. The molecule has 4 rings (SSSR count). The van der Waals surface area contributed by atoms with E-state index in [9.17, 15) is 9.59 Å². The first-order chi connectivity index (χ1) is 9.60. The predicted molar refractivity (Wildman–Crippen MR) is 71.4 cm³/mol. The SMILES string of the molecule is CC12C=CC(O1)C1C(=O)N(Cc3ccccc3)C(=O)C12. The van der Waals surface area contributed by atoms with Crippen LogP contribution in [0, 0.1) is 11.8 Å². The summed E-state index contributed by atoms with van der Waals surface area (Å²) in [5.74, 6) is -0.880. The highest BCUT2D eigenvalue weighted by atomic mass is 16.5. The molecule has 102 valence electrons. The van der Waals surface area contributed by atoms with Gasteiger partial charge < -0.3 is 4.74 Å². The highest BCUT2D eigenvalue weighted by molar-refractivity contribution is 6.07. The van der Waals surface area contributed by atoms with Gasteiger partial charge in [0.15, 0.2) is 0 Å². The summed E-state index contributed by atoms with van der Waals surface area (Å²) >= 11 is 0. The van der Waals surface area contributed by atoms with Gasteiger partial charge in [-0.2, -0.15) is 0 Å². The molecular formula is C16H15NO3. The first-order valence-corrected chi connectivity index (χ1v) is 6.86. The Balaban J connectivity index is 1.66. The quantitative estimate of drug-likeness (QED) is 0.604. The number of hydrogen-bond acceptors (Lipinski definition) is 3. The fourth-order valence-corrected chi connectivity index (χ4v) is 3.63. The molecule has 0 saturated carbocycles. The fraction of sp³-hybridized carbons (Fsp3) is 0.375. The summed E-state index contributed by atoms with van der Waals surface area (Å²) in [6, 6.07) is 9.61. The van der Waals surface area contributed by atoms with E-state index in [2.05, 4.69) is 0 Å². The molecule has 4 unspecified atom stereocenters. The van der Waals surface area contributed by atoms with Crippen molar-refractivity contribution < 1.29 is 14.3 Å². The van der Waals surface area contributed by atoms with Crippen LogP contribution in [0.3, 0.4) is 0 Å². The van der Waals surface area contributed by atoms with Crippen LogP contribution in [-0.2, 0) is 20.9 Å². The van der Waals surface area contributed by atoms with Crippen molar-refractivity contribution in [3.05, 3.63) is 48.0 Å². The number of hydrogen-bond donors (Lipinski definition) is 0. The van der Waals surface area contributed by atoms with Gasteiger partial charge in [0.05, 0.1) is 30.1 Å². The predicted octanol–water partition coefficient (Wildman–Crippen LogP) is 1.52. The van der Waals surface area contributed by atoms with E-state index in [1.54, 1.807) is 0 Å². The van der Waals surface area contributed by atoms with Crippen molar-refractivity contribution in [3.8, 4) is 0 Å². The molecule has 4 atom stereocenters. The molecule has 4 heteroatoms. The van der Waals surface area contributed by atoms with Gasteiger partial charge in [-0.3, -0.25) is 14.5 Å². The van der Waals surface area contributed by atoms with Gasteiger partial charge in [0, 0.05) is 0 Å². The van der Waals surface area contributed by atoms with Crippen molar-refractivity contribution in [2.75, 3.05) is 0 Å². The van der Waals surface area contributed by atoms with Crippen LogP contribution in [0.25, 0.3) is 0 Å². The molecule has 0 radical (unpaired) electrons. The zero-order valence-corrected chi connectivity index (χ0v) is 11.2. The molecule has 0 N–H and O–H groups in total. The van der Waals surface area contributed by atoms with Crippen LogP contribution in [0.15, 0.2) is 42.5 Å². The lowest BCUT2D eigenvalue weighted by Gasteiger charge is -2.24. The number of amides is 2. The largest absolute Gasteiger partial charge is 0.362 e. The molecule has 0 aromatic heterocycles. The number of rotatable bonds is 2. The number of fused-ring (bicyclic) bond motifs is 5. The highest BCUT2D eigenvalue weighted by Gasteiger charge is 2.65. The maximum atomic E-state index is 12.6. The van der Waals surface area contributed by atoms with E-state index in [0.717, 1.165) is 5.56 Å². The molecule has 2 saturated heterocycles. The first-order valence-electron chi connectivity index (χ1n) is 6.86. The zero-order chi connectivity index (χ0) is 13.9. The molecule has 3 aliphatic rings. The Morgan fingerprint density at radius 1 is 1.20 bits per heavy atom. The molecule has 2 fully saturated rings. The average Bonchev–Trinajstić information content (AvgIpc) is 3.04. The van der Waals surface area contributed by atoms with E-state index in [-0.39, 0.29) is 29.8 Å². The van der Waals surface area contributed by atoms with Crippen LogP contribution >= 0.6 is 0 Å². The summed E-state index contributed by atoms with van der Waals surface area (Å²) in [7, 11) is 0. The van der Waals surface area contributed by atoms with Gasteiger partial charge in [0.25, 0.3) is 0 Å². The molecule has 2 amide bonds. The monoisotopic (exact) mass is 269 g/mol. The van der Waals surface area contributed by atoms with Gasteiger partial charge in [0.1, 0.15) is 0 Å². The molecule has 0 spiro atoms. The van der Waals surface area contributed by atoms with E-state index in [4.69, 9.17) is 4.74 Å². The number of carbonyl (C=O) groups excluding carboxylic acids is 2. The van der Waals surface area contributed by atoms with Gasteiger partial charge in [-0.15, -0.1) is 0 Å². The van der Waals surface area contributed by atoms with Gasteiger partial charge in [-0.25, -0.2) is 0 Å². The van der Waals surface area contributed by atoms with E-state index in [1.807, 2.05) is 49.4 Å². The molecule has 3 heterocycles. The van der Waals surface area contributed by atoms with Crippen molar-refractivity contribution >= 4 is 11.8 Å². The van der Waals surface area contributed by atoms with Crippen molar-refractivity contribution in [2.45, 2.75) is 25.2 Å². The minimum Gasteiger partial charge on any atom is -0.362 e. The maximum absolute atomic E-state index is 12.6. The van der Waals surface area contributed by atoms with Gasteiger partial charge in [0.2, 0.25) is 11.8 Å². The molecule has 4 nitrogen and oxygen atoms in total. The topological polar surface area (TPSA) is 46.6 Å². The van der Waals surface area contributed by atoms with Crippen LogP contribution in [0.1, 0.15) is 12.5 Å². The Hall–Kier alpha value is -1.94. The first kappa shape index (κ1) is 11.9. The molecular weight excluding hydrogens is 254 g/mol. The minimum atomic E-state index is -0.604. The third kappa shape index (κ3) is 1.40. The summed E-state index contributed by atoms with van der Waals surface area (Å²) in [4.78, 5) is 26.5. The standard InChI is InChI=1S/C16H15NO3/c1-16-8-7-11(20-16)12-13(16)15(19)17(14(12)18)9-10-5-3-2-4-6-10/h2-8,11-13H,9H2,1H3. The Morgan fingerprint density at radius 3 is 2.65 bits per heavy atom. The fourth-order valence-electron chi connectivity index (χ4n) is 3.63. The maximum Gasteiger partial charge on any atom is 0.236 e. The highest BCUT2D eigenvalue weighted by Crippen LogP contribution is 2.51. The second-order valence-corrected chi connectivity index (χ2v) is 5.88. The van der Waals surface area contributed by atoms with Crippen LogP contribution in [-0.4, -0.2) is 28.4 Å². The van der Waals surface area contributed by atoms with Crippen molar-refractivity contribution in [2.24, 2.45) is 11.8 Å².